The number of hydrogen-bond acceptors (Lipinski definition) is 9. The molecule has 0 unspecified atom stereocenters. The molecule has 0 amide bonds. The predicted molar refractivity (Wildman–Crippen MR) is 136 cm³/mol. The van der Waals surface area contributed by atoms with Crippen LogP contribution < -0.4 is 10.6 Å². The molecule has 0 atom stereocenters. The van der Waals surface area contributed by atoms with E-state index in [0.29, 0.717) is 29.3 Å². The maximum atomic E-state index is 12.4. The molecule has 0 radical (unpaired) electrons. The van der Waals surface area contributed by atoms with Gasteiger partial charge in [-0.3, -0.25) is 0 Å². The van der Waals surface area contributed by atoms with Gasteiger partial charge in [0.15, 0.2) is 24.7 Å². The quantitative estimate of drug-likeness (QED) is 0.415. The molecule has 0 bridgehead atoms. The van der Waals surface area contributed by atoms with Gasteiger partial charge in [0.1, 0.15) is 0 Å². The Hall–Kier alpha value is -3.57. The molecule has 0 saturated heterocycles. The van der Waals surface area contributed by atoms with E-state index in [4.69, 9.17) is 0 Å². The lowest BCUT2D eigenvalue weighted by Gasteiger charge is -2.21. The summed E-state index contributed by atoms with van der Waals surface area (Å²) in [5.41, 5.74) is 5.22. The van der Waals surface area contributed by atoms with Crippen LogP contribution in [0.1, 0.15) is 11.1 Å². The minimum atomic E-state index is -3.38. The molecule has 0 spiro atoms. The molecule has 11 heteroatoms. The molecule has 2 N–H and O–H groups in total. The lowest BCUT2D eigenvalue weighted by Crippen LogP contribution is -2.25. The van der Waals surface area contributed by atoms with Gasteiger partial charge >= 0.3 is 0 Å². The minimum Gasteiger partial charge on any atom is -0.381 e. The highest BCUT2D eigenvalue weighted by atomic mass is 32.2. The van der Waals surface area contributed by atoms with Crippen molar-refractivity contribution in [2.45, 2.75) is 17.7 Å². The standard InChI is InChI=1S/C24H23N5O4S2/c1-15-20(13-26-23-22(15)25-9-10-35(23,32)33)17-5-6-18-12-27-24(29-21(18)11-17)28-19-7-3-16(4-8-19)14-34(2,30)31/h3-8,11-13,25H,9-10,14H2,1-2H3,(H,27,28,29). The maximum Gasteiger partial charge on any atom is 0.227 e. The first-order chi connectivity index (χ1) is 16.6. The molecular weight excluding hydrogens is 486 g/mol. The number of rotatable bonds is 5. The van der Waals surface area contributed by atoms with Crippen molar-refractivity contribution < 1.29 is 16.8 Å². The summed E-state index contributed by atoms with van der Waals surface area (Å²) in [6.45, 7) is 2.24. The molecular formula is C24H23N5O4S2. The fourth-order valence-corrected chi connectivity index (χ4v) is 6.20. The van der Waals surface area contributed by atoms with Crippen LogP contribution in [0.25, 0.3) is 22.0 Å². The van der Waals surface area contributed by atoms with E-state index in [1.807, 2.05) is 25.1 Å². The summed E-state index contributed by atoms with van der Waals surface area (Å²) in [6, 6.07) is 12.8. The number of pyridine rings is 1. The van der Waals surface area contributed by atoms with Crippen molar-refractivity contribution in [1.29, 1.82) is 0 Å². The largest absolute Gasteiger partial charge is 0.381 e. The number of nitrogens with zero attached hydrogens (tertiary/aromatic N) is 3. The van der Waals surface area contributed by atoms with E-state index in [1.54, 1.807) is 36.7 Å². The Morgan fingerprint density at radius 1 is 1.06 bits per heavy atom. The third-order valence-electron chi connectivity index (χ3n) is 5.80. The van der Waals surface area contributed by atoms with Crippen LogP contribution in [0.2, 0.25) is 0 Å². The van der Waals surface area contributed by atoms with E-state index in [-0.39, 0.29) is 16.5 Å². The van der Waals surface area contributed by atoms with Crippen LogP contribution in [0.15, 0.2) is 59.9 Å². The van der Waals surface area contributed by atoms with Crippen LogP contribution in [-0.4, -0.2) is 50.3 Å². The third-order valence-corrected chi connectivity index (χ3v) is 8.30. The zero-order valence-corrected chi connectivity index (χ0v) is 20.7. The Balaban J connectivity index is 1.45. The van der Waals surface area contributed by atoms with Gasteiger partial charge in [0.05, 0.1) is 22.7 Å². The van der Waals surface area contributed by atoms with Crippen molar-refractivity contribution in [2.24, 2.45) is 0 Å². The van der Waals surface area contributed by atoms with Gasteiger partial charge in [0.25, 0.3) is 0 Å². The average molecular weight is 510 g/mol. The zero-order valence-electron chi connectivity index (χ0n) is 19.1. The topological polar surface area (TPSA) is 131 Å². The van der Waals surface area contributed by atoms with Crippen molar-refractivity contribution in [3.63, 3.8) is 0 Å². The SMILES string of the molecule is Cc1c(-c2ccc3cnc(Nc4ccc(CS(C)(=O)=O)cc4)nc3c2)cnc2c1NCCS2(=O)=O. The second-order valence-corrected chi connectivity index (χ2v) is 12.7. The van der Waals surface area contributed by atoms with Crippen LogP contribution >= 0.6 is 0 Å². The van der Waals surface area contributed by atoms with Gasteiger partial charge < -0.3 is 10.6 Å². The van der Waals surface area contributed by atoms with Crippen LogP contribution in [0.5, 0.6) is 0 Å². The summed E-state index contributed by atoms with van der Waals surface area (Å²) < 4.78 is 47.7. The van der Waals surface area contributed by atoms with Crippen molar-refractivity contribution in [2.75, 3.05) is 29.2 Å². The van der Waals surface area contributed by atoms with Gasteiger partial charge in [-0.2, -0.15) is 0 Å². The van der Waals surface area contributed by atoms with E-state index in [0.717, 1.165) is 27.8 Å². The number of anilines is 3. The lowest BCUT2D eigenvalue weighted by molar-refractivity contribution is 0.590. The zero-order chi connectivity index (χ0) is 24.8. The average Bonchev–Trinajstić information content (AvgIpc) is 2.79. The number of benzene rings is 2. The van der Waals surface area contributed by atoms with Gasteiger partial charge in [0, 0.05) is 41.8 Å². The second kappa shape index (κ2) is 8.58. The fraction of sp³-hybridized carbons (Fsp3) is 0.208. The molecule has 0 aliphatic carbocycles. The van der Waals surface area contributed by atoms with Crippen molar-refractivity contribution >= 4 is 47.9 Å². The molecule has 1 aliphatic heterocycles. The maximum absolute atomic E-state index is 12.4. The Morgan fingerprint density at radius 2 is 1.83 bits per heavy atom. The summed E-state index contributed by atoms with van der Waals surface area (Å²) >= 11 is 0. The number of aromatic nitrogens is 3. The first-order valence-corrected chi connectivity index (χ1v) is 14.6. The minimum absolute atomic E-state index is 0.0129. The fourth-order valence-electron chi connectivity index (χ4n) is 4.09. The Morgan fingerprint density at radius 3 is 2.57 bits per heavy atom. The second-order valence-electron chi connectivity index (χ2n) is 8.58. The van der Waals surface area contributed by atoms with Crippen molar-refractivity contribution in [1.82, 2.24) is 15.0 Å². The first kappa shape index (κ1) is 23.2. The van der Waals surface area contributed by atoms with E-state index >= 15 is 0 Å². The molecule has 9 nitrogen and oxygen atoms in total. The molecule has 0 fully saturated rings. The first-order valence-electron chi connectivity index (χ1n) is 10.9. The molecule has 0 saturated carbocycles. The molecule has 5 rings (SSSR count). The summed E-state index contributed by atoms with van der Waals surface area (Å²) in [7, 11) is -6.48. The number of fused-ring (bicyclic) bond motifs is 2. The highest BCUT2D eigenvalue weighted by Gasteiger charge is 2.27. The van der Waals surface area contributed by atoms with Gasteiger partial charge in [-0.1, -0.05) is 24.3 Å². The molecule has 1 aliphatic rings. The number of sulfone groups is 2. The van der Waals surface area contributed by atoms with E-state index in [2.05, 4.69) is 25.6 Å². The molecule has 3 heterocycles. The van der Waals surface area contributed by atoms with E-state index < -0.39 is 19.7 Å². The highest BCUT2D eigenvalue weighted by molar-refractivity contribution is 7.91. The van der Waals surface area contributed by atoms with Crippen LogP contribution in [0.4, 0.5) is 17.3 Å². The molecule has 35 heavy (non-hydrogen) atoms. The smallest absolute Gasteiger partial charge is 0.227 e. The third kappa shape index (κ3) is 4.82. The Bertz CT molecular complexity index is 1670. The van der Waals surface area contributed by atoms with E-state index in [1.165, 1.54) is 6.26 Å². The number of nitrogens with one attached hydrogen (secondary N) is 2. The predicted octanol–water partition coefficient (Wildman–Crippen LogP) is 3.49. The van der Waals surface area contributed by atoms with E-state index in [9.17, 15) is 16.8 Å². The summed E-state index contributed by atoms with van der Waals surface area (Å²) in [5.74, 6) is 0.425. The summed E-state index contributed by atoms with van der Waals surface area (Å²) in [5, 5.41) is 7.27. The molecule has 2 aromatic heterocycles. The van der Waals surface area contributed by atoms with Gasteiger partial charge in [0.2, 0.25) is 5.95 Å². The monoisotopic (exact) mass is 509 g/mol. The molecule has 4 aromatic rings. The van der Waals surface area contributed by atoms with Crippen molar-refractivity contribution in [3.8, 4) is 11.1 Å². The normalized spacial score (nSPS) is 14.8. The Kier molecular flexibility index (Phi) is 5.68. The molecule has 2 aromatic carbocycles. The van der Waals surface area contributed by atoms with Crippen LogP contribution in [0.3, 0.4) is 0 Å². The van der Waals surface area contributed by atoms with Gasteiger partial charge in [-0.15, -0.1) is 0 Å². The highest BCUT2D eigenvalue weighted by Crippen LogP contribution is 2.35. The van der Waals surface area contributed by atoms with Crippen LogP contribution in [-0.2, 0) is 25.4 Å². The van der Waals surface area contributed by atoms with Crippen molar-refractivity contribution in [3.05, 3.63) is 66.0 Å². The number of hydrogen-bond donors (Lipinski definition) is 2. The van der Waals surface area contributed by atoms with Gasteiger partial charge in [-0.05, 0) is 41.8 Å². The Labute approximate surface area is 203 Å². The summed E-state index contributed by atoms with van der Waals surface area (Å²) in [4.78, 5) is 13.3. The lowest BCUT2D eigenvalue weighted by atomic mass is 10.0. The molecule has 180 valence electrons. The van der Waals surface area contributed by atoms with Gasteiger partial charge in [-0.25, -0.2) is 31.8 Å². The summed E-state index contributed by atoms with van der Waals surface area (Å²) in [6.07, 6.45) is 4.52. The van der Waals surface area contributed by atoms with Crippen LogP contribution in [0, 0.1) is 6.92 Å².